The van der Waals surface area contributed by atoms with Crippen molar-refractivity contribution >= 4 is 11.3 Å². The molecule has 1 aromatic heterocycles. The van der Waals surface area contributed by atoms with Crippen LogP contribution in [0.15, 0.2) is 35.8 Å². The second-order valence-corrected chi connectivity index (χ2v) is 5.98. The first-order valence-corrected chi connectivity index (χ1v) is 7.84. The highest BCUT2D eigenvalue weighted by atomic mass is 32.1. The molecule has 0 saturated heterocycles. The van der Waals surface area contributed by atoms with Gasteiger partial charge in [-0.3, -0.25) is 0 Å². The average molecular weight is 290 g/mol. The highest BCUT2D eigenvalue weighted by Gasteiger charge is 2.29. The first-order chi connectivity index (χ1) is 9.69. The van der Waals surface area contributed by atoms with Gasteiger partial charge in [0.2, 0.25) is 0 Å². The normalized spacial score (nSPS) is 13.9. The predicted octanol–water partition coefficient (Wildman–Crippen LogP) is 3.61. The molecule has 0 radical (unpaired) electrons. The monoisotopic (exact) mass is 290 g/mol. The maximum absolute atomic E-state index is 5.47. The largest absolute Gasteiger partial charge is 0.496 e. The molecule has 1 atom stereocenters. The number of methoxy groups -OCH3 is 1. The van der Waals surface area contributed by atoms with Gasteiger partial charge in [0.15, 0.2) is 0 Å². The average Bonchev–Trinajstić information content (AvgIpc) is 3.01. The van der Waals surface area contributed by atoms with Crippen LogP contribution in [0, 0.1) is 0 Å². The summed E-state index contributed by atoms with van der Waals surface area (Å²) in [6.07, 6.45) is 3.84. The number of rotatable bonds is 7. The molecule has 0 fully saturated rings. The van der Waals surface area contributed by atoms with Gasteiger partial charge in [-0.2, -0.15) is 0 Å². The quantitative estimate of drug-likeness (QED) is 0.846. The van der Waals surface area contributed by atoms with Crippen molar-refractivity contribution in [1.82, 2.24) is 10.3 Å². The van der Waals surface area contributed by atoms with Crippen LogP contribution in [0.3, 0.4) is 0 Å². The van der Waals surface area contributed by atoms with Crippen LogP contribution in [0.25, 0.3) is 0 Å². The molecule has 0 spiro atoms. The topological polar surface area (TPSA) is 34.1 Å². The molecule has 0 saturated carbocycles. The van der Waals surface area contributed by atoms with E-state index in [1.165, 1.54) is 5.56 Å². The summed E-state index contributed by atoms with van der Waals surface area (Å²) >= 11 is 1.70. The second-order valence-electron chi connectivity index (χ2n) is 5.08. The fourth-order valence-electron chi connectivity index (χ4n) is 2.34. The second kappa shape index (κ2) is 6.86. The highest BCUT2D eigenvalue weighted by Crippen LogP contribution is 2.30. The minimum absolute atomic E-state index is 0.154. The molecule has 0 aliphatic rings. The Morgan fingerprint density at radius 1 is 1.35 bits per heavy atom. The molecule has 2 aromatic rings. The molecular weight excluding hydrogens is 268 g/mol. The summed E-state index contributed by atoms with van der Waals surface area (Å²) in [7, 11) is 1.72. The fraction of sp³-hybridized carbons (Fsp3) is 0.438. The van der Waals surface area contributed by atoms with Crippen molar-refractivity contribution in [2.45, 2.75) is 32.2 Å². The van der Waals surface area contributed by atoms with E-state index >= 15 is 0 Å². The molecule has 108 valence electrons. The van der Waals surface area contributed by atoms with Crippen LogP contribution in [-0.2, 0) is 12.0 Å². The maximum atomic E-state index is 5.47. The number of para-hydroxylation sites is 1. The van der Waals surface area contributed by atoms with E-state index in [4.69, 9.17) is 4.74 Å². The predicted molar refractivity (Wildman–Crippen MR) is 84.5 cm³/mol. The molecule has 0 amide bonds. The van der Waals surface area contributed by atoms with E-state index in [0.29, 0.717) is 0 Å². The molecule has 1 aromatic carbocycles. The van der Waals surface area contributed by atoms with Crippen LogP contribution in [-0.4, -0.2) is 18.6 Å². The number of benzene rings is 1. The van der Waals surface area contributed by atoms with Crippen molar-refractivity contribution in [1.29, 1.82) is 0 Å². The minimum Gasteiger partial charge on any atom is -0.496 e. The smallest absolute Gasteiger partial charge is 0.122 e. The lowest BCUT2D eigenvalue weighted by Gasteiger charge is -2.29. The minimum atomic E-state index is -0.154. The van der Waals surface area contributed by atoms with Crippen molar-refractivity contribution < 1.29 is 4.74 Å². The third-order valence-corrected chi connectivity index (χ3v) is 4.44. The lowest BCUT2D eigenvalue weighted by atomic mass is 9.92. The van der Waals surface area contributed by atoms with Crippen molar-refractivity contribution in [2.24, 2.45) is 0 Å². The summed E-state index contributed by atoms with van der Waals surface area (Å²) in [5, 5.41) is 6.79. The lowest BCUT2D eigenvalue weighted by molar-refractivity contribution is 0.350. The first-order valence-electron chi connectivity index (χ1n) is 6.96. The van der Waals surface area contributed by atoms with Gasteiger partial charge < -0.3 is 10.1 Å². The molecule has 2 rings (SSSR count). The Hall–Kier alpha value is -1.39. The highest BCUT2D eigenvalue weighted by molar-refractivity contribution is 7.09. The molecule has 0 aliphatic heterocycles. The van der Waals surface area contributed by atoms with E-state index in [-0.39, 0.29) is 5.54 Å². The van der Waals surface area contributed by atoms with Crippen LogP contribution in [0.5, 0.6) is 5.75 Å². The van der Waals surface area contributed by atoms with Gasteiger partial charge in [-0.05, 0) is 31.5 Å². The molecule has 3 nitrogen and oxygen atoms in total. The van der Waals surface area contributed by atoms with Gasteiger partial charge >= 0.3 is 0 Å². The van der Waals surface area contributed by atoms with Crippen molar-refractivity contribution in [2.75, 3.05) is 13.7 Å². The third-order valence-electron chi connectivity index (χ3n) is 3.41. The van der Waals surface area contributed by atoms with Crippen molar-refractivity contribution in [3.8, 4) is 5.75 Å². The van der Waals surface area contributed by atoms with E-state index in [1.807, 2.05) is 23.7 Å². The van der Waals surface area contributed by atoms with E-state index in [1.54, 1.807) is 18.4 Å². The SMILES string of the molecule is CCCNC(C)(Cc1ccccc1OC)c1nccs1. The summed E-state index contributed by atoms with van der Waals surface area (Å²) < 4.78 is 5.47. The van der Waals surface area contributed by atoms with Crippen LogP contribution >= 0.6 is 11.3 Å². The molecular formula is C16H22N2OS. The number of hydrogen-bond donors (Lipinski definition) is 1. The molecule has 1 heterocycles. The Labute approximate surface area is 125 Å². The van der Waals surface area contributed by atoms with Crippen molar-refractivity contribution in [3.63, 3.8) is 0 Å². The van der Waals surface area contributed by atoms with Gasteiger partial charge in [0.05, 0.1) is 12.6 Å². The lowest BCUT2D eigenvalue weighted by Crippen LogP contribution is -2.42. The Balaban J connectivity index is 2.28. The van der Waals surface area contributed by atoms with E-state index in [9.17, 15) is 0 Å². The van der Waals surface area contributed by atoms with Gasteiger partial charge in [-0.15, -0.1) is 11.3 Å². The van der Waals surface area contributed by atoms with Gasteiger partial charge in [0.1, 0.15) is 10.8 Å². The summed E-state index contributed by atoms with van der Waals surface area (Å²) in [6, 6.07) is 8.19. The Kier molecular flexibility index (Phi) is 5.15. The molecule has 1 unspecified atom stereocenters. The van der Waals surface area contributed by atoms with Crippen molar-refractivity contribution in [3.05, 3.63) is 46.4 Å². The number of nitrogens with one attached hydrogen (secondary N) is 1. The van der Waals surface area contributed by atoms with Crippen LogP contribution < -0.4 is 10.1 Å². The summed E-state index contributed by atoms with van der Waals surface area (Å²) in [6.45, 7) is 5.37. The summed E-state index contributed by atoms with van der Waals surface area (Å²) in [5.41, 5.74) is 1.05. The van der Waals surface area contributed by atoms with E-state index < -0.39 is 0 Å². The zero-order valence-corrected chi connectivity index (χ0v) is 13.2. The maximum Gasteiger partial charge on any atom is 0.122 e. The number of ether oxygens (including phenoxy) is 1. The van der Waals surface area contributed by atoms with Crippen LogP contribution in [0.1, 0.15) is 30.8 Å². The summed E-state index contributed by atoms with van der Waals surface area (Å²) in [4.78, 5) is 4.51. The number of aromatic nitrogens is 1. The van der Waals surface area contributed by atoms with Gasteiger partial charge in [-0.25, -0.2) is 4.98 Å². The Bertz CT molecular complexity index is 527. The molecule has 1 N–H and O–H groups in total. The Morgan fingerprint density at radius 2 is 2.15 bits per heavy atom. The number of thiazole rings is 1. The number of nitrogens with zero attached hydrogens (tertiary/aromatic N) is 1. The molecule has 4 heteroatoms. The molecule has 20 heavy (non-hydrogen) atoms. The zero-order valence-electron chi connectivity index (χ0n) is 12.3. The first kappa shape index (κ1) is 15.0. The van der Waals surface area contributed by atoms with E-state index in [0.717, 1.165) is 30.1 Å². The third kappa shape index (κ3) is 3.38. The van der Waals surface area contributed by atoms with Gasteiger partial charge in [-0.1, -0.05) is 25.1 Å². The fourth-order valence-corrected chi connectivity index (χ4v) is 3.12. The standard InChI is InChI=1S/C16H22N2OS/c1-4-9-18-16(2,15-17-10-11-20-15)12-13-7-5-6-8-14(13)19-3/h5-8,10-11,18H,4,9,12H2,1-3H3. The molecule has 0 bridgehead atoms. The number of hydrogen-bond acceptors (Lipinski definition) is 4. The van der Waals surface area contributed by atoms with Crippen LogP contribution in [0.4, 0.5) is 0 Å². The summed E-state index contributed by atoms with van der Waals surface area (Å²) in [5.74, 6) is 0.938. The molecule has 0 aliphatic carbocycles. The van der Waals surface area contributed by atoms with E-state index in [2.05, 4.69) is 36.3 Å². The van der Waals surface area contributed by atoms with Crippen LogP contribution in [0.2, 0.25) is 0 Å². The zero-order chi connectivity index (χ0) is 14.4. The van der Waals surface area contributed by atoms with Gasteiger partial charge in [0.25, 0.3) is 0 Å². The Morgan fingerprint density at radius 3 is 2.80 bits per heavy atom. The van der Waals surface area contributed by atoms with Gasteiger partial charge in [0, 0.05) is 18.0 Å².